The molecule has 0 radical (unpaired) electrons. The molecule has 2 aliphatic heterocycles. The van der Waals surface area contributed by atoms with Crippen LogP contribution in [0.25, 0.3) is 0 Å². The third-order valence-corrected chi connectivity index (χ3v) is 16.7. The summed E-state index contributed by atoms with van der Waals surface area (Å²) in [6, 6.07) is 5.36. The van der Waals surface area contributed by atoms with Gasteiger partial charge in [-0.05, 0) is 26.0 Å². The van der Waals surface area contributed by atoms with Crippen molar-refractivity contribution in [2.75, 3.05) is 27.4 Å². The number of hydrogen-bond donors (Lipinski definition) is 12. The number of fused-ring (bicyclic) bond motifs is 6. The Hall–Kier alpha value is -6.91. The standard InChI is InChI=1S/C54H56N2O26S/c1-19-43(61)25(11-33(77-19)79-29-15-53(71,31(59)17-57)13-23-37(29)51(69)41-39(47(23)65)45(63)21-7-5-9-27(75-3)35(21)49(41)67)55-81-83(73,74)82-56-26-12-34(78-20(2)44(26)62)80-30-16-54(72,32(60)18-58)14-24-38(30)52(70)42-40(48(24)66)46(64)22-8-6-10-28(76-4)36(22)50(42)68/h5-10,19-20,25-26,29-30,33-34,43-44,55-58,61-62,65-66,69-72H,11-18H2,1-4H3/t19?,20?,25?,26?,29-,30-,33?,34?,43?,44?,53-,54-/m0/s1. The van der Waals surface area contributed by atoms with Crippen molar-refractivity contribution in [1.29, 1.82) is 0 Å². The molecule has 8 unspecified atom stereocenters. The van der Waals surface area contributed by atoms with E-state index in [1.165, 1.54) is 64.5 Å². The van der Waals surface area contributed by atoms with E-state index in [0.717, 1.165) is 0 Å². The van der Waals surface area contributed by atoms with Crippen LogP contribution in [-0.2, 0) is 60.3 Å². The lowest BCUT2D eigenvalue weighted by Crippen LogP contribution is -2.56. The second-order valence-electron chi connectivity index (χ2n) is 21.0. The van der Waals surface area contributed by atoms with Crippen molar-refractivity contribution >= 4 is 45.1 Å². The first-order valence-corrected chi connectivity index (χ1v) is 27.1. The molecule has 2 heterocycles. The van der Waals surface area contributed by atoms with Crippen molar-refractivity contribution in [3.05, 3.63) is 103 Å². The number of phenols is 4. The van der Waals surface area contributed by atoms with Crippen molar-refractivity contribution in [2.24, 2.45) is 0 Å². The highest BCUT2D eigenvalue weighted by Crippen LogP contribution is 2.55. The van der Waals surface area contributed by atoms with E-state index in [4.69, 9.17) is 37.0 Å². The first-order valence-electron chi connectivity index (χ1n) is 25.8. The molecule has 6 aliphatic rings. The Balaban J connectivity index is 0.854. The predicted molar refractivity (Wildman–Crippen MR) is 272 cm³/mol. The highest BCUT2D eigenvalue weighted by atomic mass is 32.3. The van der Waals surface area contributed by atoms with Gasteiger partial charge in [0.25, 0.3) is 0 Å². The lowest BCUT2D eigenvalue weighted by Gasteiger charge is -2.42. The Morgan fingerprint density at radius 2 is 0.952 bits per heavy atom. The molecule has 0 spiro atoms. The Morgan fingerprint density at radius 3 is 1.30 bits per heavy atom. The summed E-state index contributed by atoms with van der Waals surface area (Å²) >= 11 is 0. The molecule has 4 aromatic rings. The molecule has 0 saturated carbocycles. The molecule has 12 N–H and O–H groups in total. The maximum absolute atomic E-state index is 14.1. The second-order valence-corrected chi connectivity index (χ2v) is 22.2. The first-order chi connectivity index (χ1) is 39.2. The van der Waals surface area contributed by atoms with Gasteiger partial charge in [-0.25, -0.2) is 0 Å². The van der Waals surface area contributed by atoms with Crippen LogP contribution >= 0.6 is 0 Å². The largest absolute Gasteiger partial charge is 0.507 e. The Bertz CT molecular complexity index is 3310. The molecule has 28 nitrogen and oxygen atoms in total. The summed E-state index contributed by atoms with van der Waals surface area (Å²) in [5, 5.41) is 113. The molecule has 12 atom stereocenters. The molecule has 29 heteroatoms. The number of ketones is 6. The van der Waals surface area contributed by atoms with Crippen molar-refractivity contribution in [3.63, 3.8) is 0 Å². The van der Waals surface area contributed by atoms with Crippen LogP contribution in [0.1, 0.15) is 138 Å². The van der Waals surface area contributed by atoms with E-state index in [9.17, 15) is 88.3 Å². The number of rotatable bonds is 16. The van der Waals surface area contributed by atoms with Gasteiger partial charge in [0.05, 0.1) is 96.3 Å². The normalized spacial score (nSPS) is 29.2. The molecule has 0 aromatic heterocycles. The lowest BCUT2D eigenvalue weighted by molar-refractivity contribution is -0.255. The minimum Gasteiger partial charge on any atom is -0.507 e. The number of methoxy groups -OCH3 is 2. The van der Waals surface area contributed by atoms with Crippen LogP contribution in [0.5, 0.6) is 34.5 Å². The number of carbonyl (C=O) groups is 6. The van der Waals surface area contributed by atoms with Gasteiger partial charge < -0.3 is 79.5 Å². The molecule has 0 bridgehead atoms. The van der Waals surface area contributed by atoms with Crippen LogP contribution in [0.4, 0.5) is 0 Å². The first kappa shape index (κ1) is 59.3. The van der Waals surface area contributed by atoms with Gasteiger partial charge in [-0.3, -0.25) is 28.8 Å². The Kier molecular flexibility index (Phi) is 15.7. The average molecular weight is 1180 g/mol. The Morgan fingerprint density at radius 1 is 0.590 bits per heavy atom. The van der Waals surface area contributed by atoms with E-state index in [-0.39, 0.29) is 44.9 Å². The van der Waals surface area contributed by atoms with Gasteiger partial charge in [0, 0.05) is 71.9 Å². The summed E-state index contributed by atoms with van der Waals surface area (Å²) in [5.41, 5.74) is -5.57. The molecule has 0 amide bonds. The lowest BCUT2D eigenvalue weighted by atomic mass is 9.72. The summed E-state index contributed by atoms with van der Waals surface area (Å²) in [6.07, 6.45) is -16.2. The summed E-state index contributed by atoms with van der Waals surface area (Å²) in [4.78, 5) is 82.2. The van der Waals surface area contributed by atoms with E-state index in [0.29, 0.717) is 0 Å². The number of aliphatic hydroxyl groups is 6. The topological polar surface area (TPSA) is 437 Å². The third kappa shape index (κ3) is 9.92. The van der Waals surface area contributed by atoms with Crippen LogP contribution in [0.3, 0.4) is 0 Å². The van der Waals surface area contributed by atoms with Gasteiger partial charge in [-0.2, -0.15) is 27.9 Å². The van der Waals surface area contributed by atoms with Crippen LogP contribution < -0.4 is 20.4 Å². The fourth-order valence-corrected chi connectivity index (χ4v) is 12.4. The van der Waals surface area contributed by atoms with Gasteiger partial charge in [-0.1, -0.05) is 24.3 Å². The number of benzene rings is 4. The number of hydrogen-bond acceptors (Lipinski definition) is 28. The van der Waals surface area contributed by atoms with Crippen molar-refractivity contribution in [1.82, 2.24) is 11.0 Å². The van der Waals surface area contributed by atoms with Crippen molar-refractivity contribution in [2.45, 2.75) is 125 Å². The number of phenolic OH excluding ortho intramolecular Hbond substituents is 4. The number of ether oxygens (including phenoxy) is 6. The van der Waals surface area contributed by atoms with E-state index >= 15 is 0 Å². The van der Waals surface area contributed by atoms with E-state index in [1.807, 2.05) is 0 Å². The number of hydroxylamine groups is 2. The molecule has 4 aromatic carbocycles. The predicted octanol–water partition coefficient (Wildman–Crippen LogP) is -0.614. The van der Waals surface area contributed by atoms with E-state index < -0.39 is 226 Å². The maximum Gasteiger partial charge on any atom is 0.432 e. The average Bonchev–Trinajstić information content (AvgIpc) is 0.858. The molecule has 2 saturated heterocycles. The summed E-state index contributed by atoms with van der Waals surface area (Å²) in [7, 11) is -2.76. The summed E-state index contributed by atoms with van der Waals surface area (Å²) in [5.74, 6) is -9.52. The molecule has 2 fully saturated rings. The molecule has 83 heavy (non-hydrogen) atoms. The zero-order chi connectivity index (χ0) is 60.1. The molecular formula is C54H56N2O26S. The number of Topliss-reactive ketones (excluding diaryl/α,β-unsaturated/α-hetero) is 2. The highest BCUT2D eigenvalue weighted by molar-refractivity contribution is 7.81. The molecule has 444 valence electrons. The third-order valence-electron chi connectivity index (χ3n) is 16.1. The summed E-state index contributed by atoms with van der Waals surface area (Å²) < 4.78 is 71.3. The highest BCUT2D eigenvalue weighted by Gasteiger charge is 2.53. The number of aliphatic hydroxyl groups excluding tert-OH is 4. The van der Waals surface area contributed by atoms with Crippen LogP contribution in [-0.4, -0.2) is 182 Å². The minimum atomic E-state index is -5.25. The maximum atomic E-state index is 14.1. The number of carbonyl (C=O) groups excluding carboxylic acids is 6. The van der Waals surface area contributed by atoms with Crippen LogP contribution in [0.15, 0.2) is 36.4 Å². The van der Waals surface area contributed by atoms with E-state index in [2.05, 4.69) is 11.0 Å². The zero-order valence-electron chi connectivity index (χ0n) is 44.3. The smallest absolute Gasteiger partial charge is 0.432 e. The SMILES string of the molecule is COc1cccc2c1C(=O)c1c(O)c3c(c(O)c1C2=O)C[C@@](O)(C(=O)CO)C[C@@H]3OC1CC(NOS(=O)(=O)ONC2CC(O[C@H]3C[C@](O)(C(=O)CO)Cc4c(O)c5c(c(O)c43)C(=O)c3c(OC)cccc3C5=O)OC(C)C2O)C(O)C(C)O1. The number of aromatic hydroxyl groups is 4. The minimum absolute atomic E-state index is 0.0284. The van der Waals surface area contributed by atoms with Gasteiger partial charge in [0.1, 0.15) is 58.9 Å². The van der Waals surface area contributed by atoms with E-state index in [1.54, 1.807) is 0 Å². The van der Waals surface area contributed by atoms with Crippen LogP contribution in [0, 0.1) is 0 Å². The Labute approximate surface area is 469 Å². The molecular weight excluding hydrogens is 1120 g/mol. The quantitative estimate of drug-likeness (QED) is 0.0425. The van der Waals surface area contributed by atoms with Gasteiger partial charge >= 0.3 is 10.4 Å². The zero-order valence-corrected chi connectivity index (χ0v) is 45.1. The molecule has 4 aliphatic carbocycles. The van der Waals surface area contributed by atoms with Gasteiger partial charge in [0.2, 0.25) is 11.6 Å². The fourth-order valence-electron chi connectivity index (χ4n) is 11.9. The van der Waals surface area contributed by atoms with Gasteiger partial charge in [-0.15, -0.1) is 0 Å². The monoisotopic (exact) mass is 1180 g/mol. The van der Waals surface area contributed by atoms with Crippen LogP contribution in [0.2, 0.25) is 0 Å². The van der Waals surface area contributed by atoms with Crippen molar-refractivity contribution in [3.8, 4) is 34.5 Å². The fraction of sp³-hybridized carbons (Fsp3) is 0.444. The molecule has 10 rings (SSSR count). The van der Waals surface area contributed by atoms with Crippen molar-refractivity contribution < 1.29 is 125 Å². The van der Waals surface area contributed by atoms with Gasteiger partial charge in [0.15, 0.2) is 35.7 Å². The second kappa shape index (κ2) is 21.9. The number of nitrogens with one attached hydrogen (secondary N) is 2. The summed E-state index contributed by atoms with van der Waals surface area (Å²) in [6.45, 7) is 0.288.